The fourth-order valence-electron chi connectivity index (χ4n) is 0. The maximum absolute atomic E-state index is 9.56. The van der Waals surface area contributed by atoms with Crippen LogP contribution >= 0.6 is 0 Å². The van der Waals surface area contributed by atoms with E-state index in [-0.39, 0.29) is 24.0 Å². The number of aliphatic hydroxyl groups is 1. The highest BCUT2D eigenvalue weighted by molar-refractivity contribution is 5.76. The van der Waals surface area contributed by atoms with Crippen LogP contribution in [0.5, 0.6) is 0 Å². The summed E-state index contributed by atoms with van der Waals surface area (Å²) in [7, 11) is 0. The van der Waals surface area contributed by atoms with Gasteiger partial charge in [-0.15, -0.1) is 0 Å². The first kappa shape index (κ1) is 17.9. The van der Waals surface area contributed by atoms with E-state index in [0.717, 1.165) is 0 Å². The molecule has 0 aliphatic carbocycles. The van der Waals surface area contributed by atoms with Crippen LogP contribution in [0.4, 0.5) is 0 Å². The molecule has 0 aliphatic rings. The van der Waals surface area contributed by atoms with Gasteiger partial charge in [0, 0.05) is 0 Å². The van der Waals surface area contributed by atoms with Crippen molar-refractivity contribution in [1.82, 2.24) is 0 Å². The minimum Gasteiger partial charge on any atom is -0.389 e. The molecule has 78 valence electrons. The largest absolute Gasteiger partial charge is 0.389 e. The molecule has 0 atom stereocenters. The highest BCUT2D eigenvalue weighted by Crippen LogP contribution is 1.55. The Morgan fingerprint density at radius 3 is 0.923 bits per heavy atom. The van der Waals surface area contributed by atoms with Gasteiger partial charge in [-0.05, 0) is 34.6 Å². The van der Waals surface area contributed by atoms with Crippen LogP contribution in [-0.2, 0) is 14.4 Å². The maximum atomic E-state index is 9.56. The van der Waals surface area contributed by atoms with Gasteiger partial charge in [0.25, 0.3) is 0 Å². The van der Waals surface area contributed by atoms with Crippen molar-refractivity contribution in [1.29, 1.82) is 0 Å². The minimum absolute atomic E-state index is 0.167. The summed E-state index contributed by atoms with van der Waals surface area (Å²) >= 11 is 0. The number of hydrogen-bond donors (Lipinski definition) is 1. The number of carbonyl (C=O) groups is 3. The van der Waals surface area contributed by atoms with Gasteiger partial charge in [-0.1, -0.05) is 0 Å². The maximum Gasteiger partial charge on any atom is 0.155 e. The van der Waals surface area contributed by atoms with Gasteiger partial charge < -0.3 is 14.7 Å². The topological polar surface area (TPSA) is 71.4 Å². The van der Waals surface area contributed by atoms with E-state index in [1.165, 1.54) is 34.6 Å². The second-order valence-corrected chi connectivity index (χ2v) is 2.68. The van der Waals surface area contributed by atoms with Crippen LogP contribution in [0, 0.1) is 0 Å². The van der Waals surface area contributed by atoms with Crippen molar-refractivity contribution in [2.24, 2.45) is 0 Å². The van der Waals surface area contributed by atoms with E-state index < -0.39 is 0 Å². The van der Waals surface area contributed by atoms with Crippen molar-refractivity contribution < 1.29 is 19.5 Å². The molecule has 0 heterocycles. The van der Waals surface area contributed by atoms with Crippen LogP contribution in [0.15, 0.2) is 0 Å². The normalized spacial score (nSPS) is 6.92. The molecule has 0 amide bonds. The molecule has 0 saturated heterocycles. The number of hydrogen-bond acceptors (Lipinski definition) is 4. The molecule has 0 aromatic rings. The zero-order valence-corrected chi connectivity index (χ0v) is 8.88. The molecule has 0 spiro atoms. The summed E-state index contributed by atoms with van der Waals surface area (Å²) in [6, 6.07) is 0. The van der Waals surface area contributed by atoms with Gasteiger partial charge in [-0.2, -0.15) is 0 Å². The average Bonchev–Trinajstić information content (AvgIpc) is 1.84. The van der Waals surface area contributed by atoms with Crippen molar-refractivity contribution in [2.75, 3.05) is 6.61 Å². The quantitative estimate of drug-likeness (QED) is 0.662. The summed E-state index contributed by atoms with van der Waals surface area (Å²) in [6.07, 6.45) is 0. The summed E-state index contributed by atoms with van der Waals surface area (Å²) in [6.45, 7) is 7.11. The smallest absolute Gasteiger partial charge is 0.155 e. The third-order valence-electron chi connectivity index (χ3n) is 0.223. The SMILES string of the molecule is CC(=O)CO.CC(C)=O.CC(C)=O. The number of Topliss-reactive ketones (excluding diaryl/α,β-unsaturated/α-hetero) is 3. The lowest BCUT2D eigenvalue weighted by atomic mass is 10.5. The molecule has 0 bridgehead atoms. The molecule has 0 saturated carbocycles. The van der Waals surface area contributed by atoms with E-state index in [2.05, 4.69) is 0 Å². The molecule has 4 nitrogen and oxygen atoms in total. The molecule has 0 rings (SSSR count). The zero-order chi connectivity index (χ0) is 11.4. The van der Waals surface area contributed by atoms with Gasteiger partial charge in [-0.25, -0.2) is 0 Å². The molecule has 0 aromatic carbocycles. The van der Waals surface area contributed by atoms with Crippen molar-refractivity contribution in [3.8, 4) is 0 Å². The van der Waals surface area contributed by atoms with Crippen molar-refractivity contribution in [3.63, 3.8) is 0 Å². The molecule has 4 heteroatoms. The predicted molar refractivity (Wildman–Crippen MR) is 50.5 cm³/mol. The summed E-state index contributed by atoms with van der Waals surface area (Å²) in [5.41, 5.74) is 0. The number of rotatable bonds is 1. The molecule has 13 heavy (non-hydrogen) atoms. The lowest BCUT2D eigenvalue weighted by molar-refractivity contribution is -0.119. The second-order valence-electron chi connectivity index (χ2n) is 2.68. The van der Waals surface area contributed by atoms with E-state index in [9.17, 15) is 14.4 Å². The second kappa shape index (κ2) is 13.6. The molecule has 0 radical (unpaired) electrons. The van der Waals surface area contributed by atoms with Gasteiger partial charge >= 0.3 is 0 Å². The first-order valence-corrected chi connectivity index (χ1v) is 3.78. The van der Waals surface area contributed by atoms with Gasteiger partial charge in [0.05, 0.1) is 0 Å². The fourth-order valence-corrected chi connectivity index (χ4v) is 0. The van der Waals surface area contributed by atoms with Crippen LogP contribution in [0.2, 0.25) is 0 Å². The Morgan fingerprint density at radius 1 is 0.846 bits per heavy atom. The van der Waals surface area contributed by atoms with Gasteiger partial charge in [0.2, 0.25) is 0 Å². The summed E-state index contributed by atoms with van der Waals surface area (Å²) < 4.78 is 0. The highest BCUT2D eigenvalue weighted by Gasteiger charge is 1.78. The van der Waals surface area contributed by atoms with Gasteiger partial charge in [-0.3, -0.25) is 4.79 Å². The fraction of sp³-hybridized carbons (Fsp3) is 0.667. The predicted octanol–water partition coefficient (Wildman–Crippen LogP) is 0.758. The standard InChI is InChI=1S/C3H6O2.2C3H6O/c1-3(5)2-4;2*1-3(2)4/h4H,2H2,1H3;2*1-2H3. The minimum atomic E-state index is -0.333. The Morgan fingerprint density at radius 2 is 0.923 bits per heavy atom. The number of aliphatic hydroxyl groups excluding tert-OH is 1. The Hall–Kier alpha value is -1.03. The number of carbonyl (C=O) groups excluding carboxylic acids is 3. The summed E-state index contributed by atoms with van der Waals surface area (Å²) in [5, 5.41) is 7.79. The highest BCUT2D eigenvalue weighted by atomic mass is 16.3. The van der Waals surface area contributed by atoms with E-state index in [0.29, 0.717) is 0 Å². The van der Waals surface area contributed by atoms with Crippen LogP contribution in [0.25, 0.3) is 0 Å². The van der Waals surface area contributed by atoms with Crippen molar-refractivity contribution in [3.05, 3.63) is 0 Å². The molecule has 0 fully saturated rings. The van der Waals surface area contributed by atoms with E-state index in [1.807, 2.05) is 0 Å². The van der Waals surface area contributed by atoms with Crippen LogP contribution in [0.1, 0.15) is 34.6 Å². The first-order chi connectivity index (χ1) is 5.73. The average molecular weight is 190 g/mol. The van der Waals surface area contributed by atoms with E-state index in [1.54, 1.807) is 0 Å². The van der Waals surface area contributed by atoms with Crippen molar-refractivity contribution in [2.45, 2.75) is 34.6 Å². The van der Waals surface area contributed by atoms with Crippen LogP contribution < -0.4 is 0 Å². The van der Waals surface area contributed by atoms with E-state index in [4.69, 9.17) is 5.11 Å². The summed E-state index contributed by atoms with van der Waals surface area (Å²) in [4.78, 5) is 28.5. The Labute approximate surface area is 78.9 Å². The van der Waals surface area contributed by atoms with Gasteiger partial charge in [0.15, 0.2) is 5.78 Å². The first-order valence-electron chi connectivity index (χ1n) is 3.78. The molecular weight excluding hydrogens is 172 g/mol. The zero-order valence-electron chi connectivity index (χ0n) is 8.88. The van der Waals surface area contributed by atoms with E-state index >= 15 is 0 Å². The third-order valence-corrected chi connectivity index (χ3v) is 0.223. The third kappa shape index (κ3) is 938. The van der Waals surface area contributed by atoms with Crippen LogP contribution in [-0.4, -0.2) is 29.1 Å². The van der Waals surface area contributed by atoms with Crippen molar-refractivity contribution >= 4 is 17.3 Å². The molecule has 0 unspecified atom stereocenters. The Kier molecular flexibility index (Phi) is 18.7. The lowest BCUT2D eigenvalue weighted by Gasteiger charge is -1.72. The monoisotopic (exact) mass is 190 g/mol. The molecule has 0 aliphatic heterocycles. The molecular formula is C9H18O4. The summed E-state index contributed by atoms with van der Waals surface area (Å²) in [5.74, 6) is 0.144. The Bertz CT molecular complexity index is 141. The lowest BCUT2D eigenvalue weighted by Crippen LogP contribution is -1.93. The number of ketones is 3. The van der Waals surface area contributed by atoms with Gasteiger partial charge in [0.1, 0.15) is 18.2 Å². The molecule has 0 aromatic heterocycles. The Balaban J connectivity index is -0.000000117. The molecule has 1 N–H and O–H groups in total. The van der Waals surface area contributed by atoms with Crippen LogP contribution in [0.3, 0.4) is 0 Å².